The van der Waals surface area contributed by atoms with E-state index in [1.54, 1.807) is 12.1 Å². The largest absolute Gasteiger partial charge is 0.416 e. The molecule has 0 saturated carbocycles. The number of aromatic nitrogens is 1. The van der Waals surface area contributed by atoms with Gasteiger partial charge in [-0.2, -0.15) is 13.2 Å². The van der Waals surface area contributed by atoms with Gasteiger partial charge in [0.1, 0.15) is 5.82 Å². The summed E-state index contributed by atoms with van der Waals surface area (Å²) in [4.78, 5) is 16.5. The van der Waals surface area contributed by atoms with E-state index in [9.17, 15) is 18.0 Å². The molecule has 0 spiro atoms. The van der Waals surface area contributed by atoms with Gasteiger partial charge in [0.25, 0.3) is 5.91 Å². The molecule has 0 aliphatic carbocycles. The van der Waals surface area contributed by atoms with Crippen LogP contribution in [0.4, 0.5) is 24.7 Å². The Morgan fingerprint density at radius 1 is 0.964 bits per heavy atom. The second-order valence-corrected chi connectivity index (χ2v) is 6.24. The average Bonchev–Trinajstić information content (AvgIpc) is 2.69. The highest BCUT2D eigenvalue weighted by Gasteiger charge is 2.30. The molecule has 144 valence electrons. The van der Waals surface area contributed by atoms with Crippen LogP contribution in [-0.4, -0.2) is 10.9 Å². The first kappa shape index (κ1) is 19.4. The zero-order valence-corrected chi connectivity index (χ0v) is 15.0. The molecule has 28 heavy (non-hydrogen) atoms. The Labute approximate surface area is 160 Å². The molecule has 0 saturated heterocycles. The lowest BCUT2D eigenvalue weighted by molar-refractivity contribution is -0.137. The van der Waals surface area contributed by atoms with Crippen LogP contribution in [0, 0.1) is 0 Å². The molecule has 0 aliphatic heterocycles. The zero-order chi connectivity index (χ0) is 20.1. The number of rotatable bonds is 5. The fraction of sp³-hybridized carbons (Fsp3) is 0.143. The molecule has 1 amide bonds. The maximum absolute atomic E-state index is 12.6. The van der Waals surface area contributed by atoms with Crippen molar-refractivity contribution in [2.45, 2.75) is 19.1 Å². The second kappa shape index (κ2) is 8.12. The summed E-state index contributed by atoms with van der Waals surface area (Å²) >= 11 is 0. The van der Waals surface area contributed by atoms with Crippen LogP contribution in [0.5, 0.6) is 0 Å². The SMILES string of the molecule is CC(Nc1ccc(C(=O)Nc2ccc(C(F)(F)F)cc2)cn1)c1ccccc1. The lowest BCUT2D eigenvalue weighted by Gasteiger charge is -2.15. The van der Waals surface area contributed by atoms with Crippen molar-refractivity contribution >= 4 is 17.4 Å². The predicted octanol–water partition coefficient (Wildman–Crippen LogP) is 5.53. The van der Waals surface area contributed by atoms with Crippen LogP contribution in [0.15, 0.2) is 72.9 Å². The van der Waals surface area contributed by atoms with Crippen LogP contribution in [0.25, 0.3) is 0 Å². The summed E-state index contributed by atoms with van der Waals surface area (Å²) in [5, 5.41) is 5.80. The third-order valence-electron chi connectivity index (χ3n) is 4.16. The van der Waals surface area contributed by atoms with Crippen molar-refractivity contribution < 1.29 is 18.0 Å². The average molecular weight is 385 g/mol. The lowest BCUT2D eigenvalue weighted by Crippen LogP contribution is -2.13. The van der Waals surface area contributed by atoms with E-state index in [1.807, 2.05) is 37.3 Å². The Morgan fingerprint density at radius 3 is 2.21 bits per heavy atom. The van der Waals surface area contributed by atoms with Gasteiger partial charge in [0.2, 0.25) is 0 Å². The van der Waals surface area contributed by atoms with E-state index in [0.717, 1.165) is 17.7 Å². The van der Waals surface area contributed by atoms with E-state index in [4.69, 9.17) is 0 Å². The molecule has 0 bridgehead atoms. The smallest absolute Gasteiger partial charge is 0.364 e. The minimum absolute atomic E-state index is 0.0422. The minimum atomic E-state index is -4.41. The number of halogens is 3. The van der Waals surface area contributed by atoms with E-state index in [0.29, 0.717) is 11.4 Å². The van der Waals surface area contributed by atoms with Crippen LogP contribution in [0.3, 0.4) is 0 Å². The first-order valence-electron chi connectivity index (χ1n) is 8.59. The number of carbonyl (C=O) groups is 1. The van der Waals surface area contributed by atoms with Crippen LogP contribution < -0.4 is 10.6 Å². The first-order valence-corrected chi connectivity index (χ1v) is 8.59. The van der Waals surface area contributed by atoms with Gasteiger partial charge < -0.3 is 10.6 Å². The molecule has 1 heterocycles. The van der Waals surface area contributed by atoms with Gasteiger partial charge >= 0.3 is 6.18 Å². The van der Waals surface area contributed by atoms with Crippen LogP contribution in [0.2, 0.25) is 0 Å². The van der Waals surface area contributed by atoms with Crippen molar-refractivity contribution in [1.82, 2.24) is 4.98 Å². The van der Waals surface area contributed by atoms with Crippen LogP contribution in [0.1, 0.15) is 34.5 Å². The third kappa shape index (κ3) is 4.88. The summed E-state index contributed by atoms with van der Waals surface area (Å²) in [7, 11) is 0. The number of alkyl halides is 3. The number of amides is 1. The van der Waals surface area contributed by atoms with E-state index >= 15 is 0 Å². The summed E-state index contributed by atoms with van der Waals surface area (Å²) in [6.45, 7) is 2.00. The fourth-order valence-corrected chi connectivity index (χ4v) is 2.61. The Bertz CT molecular complexity index is 924. The lowest BCUT2D eigenvalue weighted by atomic mass is 10.1. The first-order chi connectivity index (χ1) is 13.3. The van der Waals surface area contributed by atoms with Gasteiger partial charge in [-0.25, -0.2) is 4.98 Å². The highest BCUT2D eigenvalue weighted by Crippen LogP contribution is 2.29. The molecule has 0 aliphatic rings. The van der Waals surface area contributed by atoms with Crippen molar-refractivity contribution in [3.05, 3.63) is 89.6 Å². The summed E-state index contributed by atoms with van der Waals surface area (Å²) < 4.78 is 37.7. The van der Waals surface area contributed by atoms with Gasteiger partial charge in [-0.15, -0.1) is 0 Å². The maximum Gasteiger partial charge on any atom is 0.416 e. The second-order valence-electron chi connectivity index (χ2n) is 6.24. The van der Waals surface area contributed by atoms with Crippen molar-refractivity contribution in [3.63, 3.8) is 0 Å². The van der Waals surface area contributed by atoms with E-state index in [2.05, 4.69) is 15.6 Å². The molecule has 2 aromatic carbocycles. The highest BCUT2D eigenvalue weighted by atomic mass is 19.4. The predicted molar refractivity (Wildman–Crippen MR) is 102 cm³/mol. The Balaban J connectivity index is 1.62. The number of carbonyl (C=O) groups excluding carboxylic acids is 1. The number of nitrogens with zero attached hydrogens (tertiary/aromatic N) is 1. The van der Waals surface area contributed by atoms with Gasteiger partial charge in [0.05, 0.1) is 11.1 Å². The summed E-state index contributed by atoms with van der Waals surface area (Å²) in [6.07, 6.45) is -2.99. The van der Waals surface area contributed by atoms with Gasteiger partial charge in [-0.05, 0) is 48.9 Å². The third-order valence-corrected chi connectivity index (χ3v) is 4.16. The van der Waals surface area contributed by atoms with Gasteiger partial charge in [-0.3, -0.25) is 4.79 Å². The molecule has 4 nitrogen and oxygen atoms in total. The molecule has 7 heteroatoms. The normalized spacial score (nSPS) is 12.3. The molecule has 3 aromatic rings. The van der Waals surface area contributed by atoms with Crippen molar-refractivity contribution in [2.75, 3.05) is 10.6 Å². The summed E-state index contributed by atoms with van der Waals surface area (Å²) in [6, 6.07) is 17.5. The van der Waals surface area contributed by atoms with Gasteiger partial charge in [-0.1, -0.05) is 30.3 Å². The number of nitrogens with one attached hydrogen (secondary N) is 2. The van der Waals surface area contributed by atoms with Crippen LogP contribution >= 0.6 is 0 Å². The number of pyridine rings is 1. The van der Waals surface area contributed by atoms with Crippen LogP contribution in [-0.2, 0) is 6.18 Å². The van der Waals surface area contributed by atoms with E-state index in [1.165, 1.54) is 18.3 Å². The Morgan fingerprint density at radius 2 is 1.64 bits per heavy atom. The molecular weight excluding hydrogens is 367 g/mol. The number of hydrogen-bond donors (Lipinski definition) is 2. The van der Waals surface area contributed by atoms with Crippen molar-refractivity contribution in [3.8, 4) is 0 Å². The monoisotopic (exact) mass is 385 g/mol. The topological polar surface area (TPSA) is 54.0 Å². The summed E-state index contributed by atoms with van der Waals surface area (Å²) in [5.74, 6) is 0.164. The number of hydrogen-bond acceptors (Lipinski definition) is 3. The molecule has 1 atom stereocenters. The number of anilines is 2. The van der Waals surface area contributed by atoms with E-state index in [-0.39, 0.29) is 11.7 Å². The Kier molecular flexibility index (Phi) is 5.63. The van der Waals surface area contributed by atoms with E-state index < -0.39 is 17.6 Å². The minimum Gasteiger partial charge on any atom is -0.364 e. The zero-order valence-electron chi connectivity index (χ0n) is 15.0. The standard InChI is InChI=1S/C21H18F3N3O/c1-14(15-5-3-2-4-6-15)26-19-12-7-16(13-25-19)20(28)27-18-10-8-17(9-11-18)21(22,23)24/h2-14H,1H3,(H,25,26)(H,27,28). The molecular formula is C21H18F3N3O. The highest BCUT2D eigenvalue weighted by molar-refractivity contribution is 6.04. The van der Waals surface area contributed by atoms with Crippen molar-refractivity contribution in [2.24, 2.45) is 0 Å². The Hall–Kier alpha value is -3.35. The quantitative estimate of drug-likeness (QED) is 0.608. The molecule has 1 aromatic heterocycles. The summed E-state index contributed by atoms with van der Waals surface area (Å²) in [5.41, 5.74) is 0.916. The van der Waals surface area contributed by atoms with Gasteiger partial charge in [0.15, 0.2) is 0 Å². The fourth-order valence-electron chi connectivity index (χ4n) is 2.61. The van der Waals surface area contributed by atoms with Gasteiger partial charge in [0, 0.05) is 17.9 Å². The molecule has 1 unspecified atom stereocenters. The number of benzene rings is 2. The molecule has 2 N–H and O–H groups in total. The molecule has 0 fully saturated rings. The molecule has 0 radical (unpaired) electrons. The molecule has 3 rings (SSSR count). The maximum atomic E-state index is 12.6. The van der Waals surface area contributed by atoms with Crippen molar-refractivity contribution in [1.29, 1.82) is 0 Å².